The number of aliphatic hydroxyl groups is 1. The average Bonchev–Trinajstić information content (AvgIpc) is 2.46. The number of benzene rings is 1. The van der Waals surface area contributed by atoms with E-state index < -0.39 is 10.0 Å². The summed E-state index contributed by atoms with van der Waals surface area (Å²) in [7, 11) is -3.52. The molecule has 2 N–H and O–H groups in total. The lowest BCUT2D eigenvalue weighted by molar-refractivity contribution is 0.258. The lowest BCUT2D eigenvalue weighted by Crippen LogP contribution is -2.38. The van der Waals surface area contributed by atoms with E-state index in [9.17, 15) is 8.42 Å². The third-order valence-electron chi connectivity index (χ3n) is 3.74. The number of anilines is 1. The molecule has 1 heterocycles. The standard InChI is InChI=1S/C15H24N2O3S/c1-12(2)17(9-4-10-18)21(19,20)14-7-6-13-5-3-8-16-15(13)11-14/h6-7,11-12,16,18H,3-5,8-10H2,1-2H3. The van der Waals surface area contributed by atoms with Crippen LogP contribution in [0.2, 0.25) is 0 Å². The van der Waals surface area contributed by atoms with Gasteiger partial charge in [-0.1, -0.05) is 6.07 Å². The number of aliphatic hydroxyl groups excluding tert-OH is 1. The summed E-state index contributed by atoms with van der Waals surface area (Å²) >= 11 is 0. The Morgan fingerprint density at radius 3 is 2.81 bits per heavy atom. The minimum atomic E-state index is -3.52. The number of aryl methyl sites for hydroxylation is 1. The Morgan fingerprint density at radius 1 is 1.38 bits per heavy atom. The first kappa shape index (κ1) is 16.3. The van der Waals surface area contributed by atoms with Crippen molar-refractivity contribution in [3.05, 3.63) is 23.8 Å². The van der Waals surface area contributed by atoms with Crippen molar-refractivity contribution >= 4 is 15.7 Å². The Morgan fingerprint density at radius 2 is 2.14 bits per heavy atom. The zero-order valence-corrected chi connectivity index (χ0v) is 13.5. The first-order valence-corrected chi connectivity index (χ1v) is 8.90. The van der Waals surface area contributed by atoms with Crippen molar-refractivity contribution in [1.29, 1.82) is 0 Å². The summed E-state index contributed by atoms with van der Waals surface area (Å²) in [4.78, 5) is 0.322. The van der Waals surface area contributed by atoms with E-state index in [0.717, 1.165) is 25.1 Å². The third-order valence-corrected chi connectivity index (χ3v) is 5.81. The van der Waals surface area contributed by atoms with Gasteiger partial charge in [0.1, 0.15) is 0 Å². The Bertz CT molecular complexity index is 585. The van der Waals surface area contributed by atoms with Crippen molar-refractivity contribution in [3.63, 3.8) is 0 Å². The van der Waals surface area contributed by atoms with Crippen LogP contribution >= 0.6 is 0 Å². The molecule has 0 amide bonds. The van der Waals surface area contributed by atoms with Crippen molar-refractivity contribution in [3.8, 4) is 0 Å². The number of hydrogen-bond acceptors (Lipinski definition) is 4. The molecule has 0 fully saturated rings. The van der Waals surface area contributed by atoms with Crippen LogP contribution in [0.15, 0.2) is 23.1 Å². The van der Waals surface area contributed by atoms with Crippen LogP contribution in [0.3, 0.4) is 0 Å². The Kier molecular flexibility index (Phi) is 5.24. The minimum absolute atomic E-state index is 0.00944. The van der Waals surface area contributed by atoms with Crippen LogP contribution in [0.25, 0.3) is 0 Å². The van der Waals surface area contributed by atoms with E-state index in [1.165, 1.54) is 9.87 Å². The van der Waals surface area contributed by atoms with Crippen molar-refractivity contribution < 1.29 is 13.5 Å². The molecule has 0 aromatic heterocycles. The zero-order valence-electron chi connectivity index (χ0n) is 12.7. The van der Waals surface area contributed by atoms with Crippen LogP contribution in [0.4, 0.5) is 5.69 Å². The summed E-state index contributed by atoms with van der Waals surface area (Å²) in [6.45, 7) is 4.91. The summed E-state index contributed by atoms with van der Waals surface area (Å²) in [5.74, 6) is 0. The van der Waals surface area contributed by atoms with Crippen molar-refractivity contribution in [2.45, 2.75) is 44.0 Å². The number of fused-ring (bicyclic) bond motifs is 1. The normalized spacial score (nSPS) is 15.1. The van der Waals surface area contributed by atoms with Crippen LogP contribution in [-0.4, -0.2) is 43.6 Å². The van der Waals surface area contributed by atoms with Crippen LogP contribution in [0.5, 0.6) is 0 Å². The topological polar surface area (TPSA) is 69.6 Å². The molecule has 0 radical (unpaired) electrons. The minimum Gasteiger partial charge on any atom is -0.396 e. The van der Waals surface area contributed by atoms with Gasteiger partial charge in [-0.15, -0.1) is 0 Å². The predicted octanol–water partition coefficient (Wildman–Crippen LogP) is 1.83. The maximum atomic E-state index is 12.8. The summed E-state index contributed by atoms with van der Waals surface area (Å²) in [5.41, 5.74) is 2.10. The third kappa shape index (κ3) is 3.56. The molecule has 2 rings (SSSR count). The van der Waals surface area contributed by atoms with Gasteiger partial charge >= 0.3 is 0 Å². The van der Waals surface area contributed by atoms with E-state index in [2.05, 4.69) is 5.32 Å². The summed E-state index contributed by atoms with van der Waals surface area (Å²) in [6.07, 6.45) is 2.51. The molecule has 6 heteroatoms. The molecule has 21 heavy (non-hydrogen) atoms. The monoisotopic (exact) mass is 312 g/mol. The van der Waals surface area contributed by atoms with Gasteiger partial charge in [0.2, 0.25) is 10.0 Å². The van der Waals surface area contributed by atoms with Crippen LogP contribution < -0.4 is 5.32 Å². The van der Waals surface area contributed by atoms with Gasteiger partial charge in [0, 0.05) is 31.4 Å². The Labute approximate surface area is 127 Å². The number of nitrogens with one attached hydrogen (secondary N) is 1. The van der Waals surface area contributed by atoms with Crippen LogP contribution in [-0.2, 0) is 16.4 Å². The molecule has 0 aliphatic carbocycles. The highest BCUT2D eigenvalue weighted by atomic mass is 32.2. The van der Waals surface area contributed by atoms with E-state index in [1.54, 1.807) is 12.1 Å². The fourth-order valence-corrected chi connectivity index (χ4v) is 4.32. The smallest absolute Gasteiger partial charge is 0.243 e. The molecular formula is C15H24N2O3S. The highest BCUT2D eigenvalue weighted by Gasteiger charge is 2.27. The number of rotatable bonds is 6. The van der Waals surface area contributed by atoms with E-state index in [1.807, 2.05) is 19.9 Å². The lowest BCUT2D eigenvalue weighted by Gasteiger charge is -2.26. The van der Waals surface area contributed by atoms with E-state index in [4.69, 9.17) is 5.11 Å². The zero-order chi connectivity index (χ0) is 15.5. The van der Waals surface area contributed by atoms with Crippen LogP contribution in [0, 0.1) is 0 Å². The van der Waals surface area contributed by atoms with Crippen molar-refractivity contribution in [1.82, 2.24) is 4.31 Å². The molecule has 1 aliphatic rings. The van der Waals surface area contributed by atoms with Gasteiger partial charge in [0.15, 0.2) is 0 Å². The largest absolute Gasteiger partial charge is 0.396 e. The van der Waals surface area contributed by atoms with Crippen molar-refractivity contribution in [2.75, 3.05) is 25.0 Å². The molecule has 0 unspecified atom stereocenters. The molecule has 5 nitrogen and oxygen atoms in total. The molecule has 0 saturated carbocycles. The van der Waals surface area contributed by atoms with Gasteiger partial charge in [0.25, 0.3) is 0 Å². The van der Waals surface area contributed by atoms with E-state index in [0.29, 0.717) is 17.9 Å². The highest BCUT2D eigenvalue weighted by molar-refractivity contribution is 7.89. The maximum Gasteiger partial charge on any atom is 0.243 e. The molecule has 1 aromatic rings. The molecule has 0 saturated heterocycles. The Balaban J connectivity index is 2.33. The van der Waals surface area contributed by atoms with Gasteiger partial charge in [-0.3, -0.25) is 0 Å². The lowest BCUT2D eigenvalue weighted by atomic mass is 10.0. The van der Waals surface area contributed by atoms with Crippen molar-refractivity contribution in [2.24, 2.45) is 0 Å². The van der Waals surface area contributed by atoms with Gasteiger partial charge in [-0.05, 0) is 50.8 Å². The first-order chi connectivity index (χ1) is 9.96. The molecule has 0 spiro atoms. The Hall–Kier alpha value is -1.11. The molecule has 0 bridgehead atoms. The van der Waals surface area contributed by atoms with Gasteiger partial charge < -0.3 is 10.4 Å². The molecule has 118 valence electrons. The fraction of sp³-hybridized carbons (Fsp3) is 0.600. The number of sulfonamides is 1. The molecular weight excluding hydrogens is 288 g/mol. The molecule has 1 aliphatic heterocycles. The number of nitrogens with zero attached hydrogens (tertiary/aromatic N) is 1. The van der Waals surface area contributed by atoms with E-state index >= 15 is 0 Å². The van der Waals surface area contributed by atoms with Gasteiger partial charge in [0.05, 0.1) is 4.90 Å². The molecule has 0 atom stereocenters. The second-order valence-corrected chi connectivity index (χ2v) is 7.53. The summed E-state index contributed by atoms with van der Waals surface area (Å²) in [5, 5.41) is 12.2. The first-order valence-electron chi connectivity index (χ1n) is 7.46. The predicted molar refractivity (Wildman–Crippen MR) is 84.0 cm³/mol. The SMILES string of the molecule is CC(C)N(CCCO)S(=O)(=O)c1ccc2c(c1)NCCC2. The average molecular weight is 312 g/mol. The highest BCUT2D eigenvalue weighted by Crippen LogP contribution is 2.27. The quantitative estimate of drug-likeness (QED) is 0.841. The molecule has 1 aromatic carbocycles. The second kappa shape index (κ2) is 6.77. The maximum absolute atomic E-state index is 12.8. The van der Waals surface area contributed by atoms with E-state index in [-0.39, 0.29) is 12.6 Å². The second-order valence-electron chi connectivity index (χ2n) is 5.64. The summed E-state index contributed by atoms with van der Waals surface area (Å²) < 4.78 is 27.0. The summed E-state index contributed by atoms with van der Waals surface area (Å²) in [6, 6.07) is 5.19. The van der Waals surface area contributed by atoms with Gasteiger partial charge in [-0.25, -0.2) is 8.42 Å². The fourth-order valence-electron chi connectivity index (χ4n) is 2.62. The number of hydrogen-bond donors (Lipinski definition) is 2. The van der Waals surface area contributed by atoms with Gasteiger partial charge in [-0.2, -0.15) is 4.31 Å². The van der Waals surface area contributed by atoms with Crippen LogP contribution in [0.1, 0.15) is 32.3 Å².